The van der Waals surface area contributed by atoms with Crippen molar-refractivity contribution in [3.63, 3.8) is 0 Å². The van der Waals surface area contributed by atoms with Crippen molar-refractivity contribution in [1.29, 1.82) is 5.26 Å². The Morgan fingerprint density at radius 1 is 1.42 bits per heavy atom. The zero-order chi connectivity index (χ0) is 14.0. The van der Waals surface area contributed by atoms with E-state index < -0.39 is 5.92 Å². The van der Waals surface area contributed by atoms with Crippen molar-refractivity contribution < 1.29 is 8.78 Å². The van der Waals surface area contributed by atoms with Gasteiger partial charge in [0.25, 0.3) is 0 Å². The standard InChI is InChI=1S/C13H14ClF2N3/c1-9-11(14)7-10(8-17)12(18-9)19-5-2-3-13(15,16)4-6-19/h7H,2-6H2,1H3. The molecule has 1 saturated heterocycles. The second kappa shape index (κ2) is 5.30. The van der Waals surface area contributed by atoms with E-state index in [1.54, 1.807) is 17.9 Å². The van der Waals surface area contributed by atoms with Gasteiger partial charge in [-0.1, -0.05) is 11.6 Å². The fraction of sp³-hybridized carbons (Fsp3) is 0.538. The lowest BCUT2D eigenvalue weighted by Crippen LogP contribution is -2.27. The highest BCUT2D eigenvalue weighted by Gasteiger charge is 2.32. The molecule has 0 saturated carbocycles. The lowest BCUT2D eigenvalue weighted by Gasteiger charge is -2.23. The molecule has 6 heteroatoms. The van der Waals surface area contributed by atoms with E-state index in [4.69, 9.17) is 16.9 Å². The van der Waals surface area contributed by atoms with Gasteiger partial charge < -0.3 is 4.90 Å². The van der Waals surface area contributed by atoms with Crippen LogP contribution >= 0.6 is 11.6 Å². The van der Waals surface area contributed by atoms with Gasteiger partial charge in [0, 0.05) is 25.9 Å². The van der Waals surface area contributed by atoms with Crippen LogP contribution in [0.1, 0.15) is 30.5 Å². The van der Waals surface area contributed by atoms with Crippen LogP contribution < -0.4 is 4.90 Å². The normalized spacial score (nSPS) is 18.8. The SMILES string of the molecule is Cc1nc(N2CCCC(F)(F)CC2)c(C#N)cc1Cl. The summed E-state index contributed by atoms with van der Waals surface area (Å²) in [6, 6.07) is 3.57. The molecule has 1 aromatic heterocycles. The summed E-state index contributed by atoms with van der Waals surface area (Å²) < 4.78 is 26.7. The van der Waals surface area contributed by atoms with Crippen molar-refractivity contribution in [3.05, 3.63) is 22.3 Å². The highest BCUT2D eigenvalue weighted by atomic mass is 35.5. The fourth-order valence-corrected chi connectivity index (χ4v) is 2.32. The molecule has 0 radical (unpaired) electrons. The van der Waals surface area contributed by atoms with E-state index in [0.717, 1.165) is 0 Å². The molecular formula is C13H14ClF2N3. The molecule has 19 heavy (non-hydrogen) atoms. The molecular weight excluding hydrogens is 272 g/mol. The topological polar surface area (TPSA) is 39.9 Å². The van der Waals surface area contributed by atoms with E-state index >= 15 is 0 Å². The third kappa shape index (κ3) is 3.13. The van der Waals surface area contributed by atoms with Crippen molar-refractivity contribution in [2.24, 2.45) is 0 Å². The van der Waals surface area contributed by atoms with Gasteiger partial charge in [0.05, 0.1) is 16.3 Å². The molecule has 0 N–H and O–H groups in total. The van der Waals surface area contributed by atoms with Crippen LogP contribution in [0.15, 0.2) is 6.07 Å². The van der Waals surface area contributed by atoms with Gasteiger partial charge in [-0.25, -0.2) is 13.8 Å². The highest BCUT2D eigenvalue weighted by Crippen LogP contribution is 2.31. The first-order chi connectivity index (χ1) is 8.93. The molecule has 1 aliphatic rings. The Balaban J connectivity index is 2.31. The first kappa shape index (κ1) is 14.0. The van der Waals surface area contributed by atoms with Crippen LogP contribution in [-0.4, -0.2) is 24.0 Å². The van der Waals surface area contributed by atoms with E-state index in [2.05, 4.69) is 4.98 Å². The molecule has 0 atom stereocenters. The minimum atomic E-state index is -2.62. The molecule has 0 bridgehead atoms. The summed E-state index contributed by atoms with van der Waals surface area (Å²) in [5.74, 6) is -2.16. The predicted molar refractivity (Wildman–Crippen MR) is 69.7 cm³/mol. The number of halogens is 3. The first-order valence-corrected chi connectivity index (χ1v) is 6.51. The number of anilines is 1. The third-order valence-corrected chi connectivity index (χ3v) is 3.65. The summed E-state index contributed by atoms with van der Waals surface area (Å²) >= 11 is 5.93. The summed E-state index contributed by atoms with van der Waals surface area (Å²) in [4.78, 5) is 6.04. The third-order valence-electron chi connectivity index (χ3n) is 3.27. The Kier molecular flexibility index (Phi) is 3.91. The lowest BCUT2D eigenvalue weighted by molar-refractivity contribution is -0.0102. The predicted octanol–water partition coefficient (Wildman–Crippen LogP) is 3.54. The maximum absolute atomic E-state index is 13.3. The molecule has 0 amide bonds. The maximum Gasteiger partial charge on any atom is 0.249 e. The summed E-state index contributed by atoms with van der Waals surface area (Å²) in [6.45, 7) is 2.42. The highest BCUT2D eigenvalue weighted by molar-refractivity contribution is 6.31. The Labute approximate surface area is 115 Å². The number of alkyl halides is 2. The Morgan fingerprint density at radius 2 is 2.16 bits per heavy atom. The molecule has 102 valence electrons. The van der Waals surface area contributed by atoms with Crippen molar-refractivity contribution in [1.82, 2.24) is 4.98 Å². The Bertz CT molecular complexity index is 525. The number of hydrogen-bond donors (Lipinski definition) is 0. The number of rotatable bonds is 1. The van der Waals surface area contributed by atoms with Crippen LogP contribution in [-0.2, 0) is 0 Å². The van der Waals surface area contributed by atoms with Crippen LogP contribution in [0.3, 0.4) is 0 Å². The Morgan fingerprint density at radius 3 is 2.84 bits per heavy atom. The van der Waals surface area contributed by atoms with Gasteiger partial charge >= 0.3 is 0 Å². The van der Waals surface area contributed by atoms with Gasteiger partial charge in [0.2, 0.25) is 5.92 Å². The molecule has 0 aliphatic carbocycles. The summed E-state index contributed by atoms with van der Waals surface area (Å²) in [7, 11) is 0. The van der Waals surface area contributed by atoms with E-state index in [1.165, 1.54) is 0 Å². The zero-order valence-electron chi connectivity index (χ0n) is 10.6. The smallest absolute Gasteiger partial charge is 0.249 e. The molecule has 1 fully saturated rings. The van der Waals surface area contributed by atoms with Gasteiger partial charge in [-0.05, 0) is 19.4 Å². The largest absolute Gasteiger partial charge is 0.355 e. The van der Waals surface area contributed by atoms with Crippen LogP contribution in [0, 0.1) is 18.3 Å². The number of aromatic nitrogens is 1. The monoisotopic (exact) mass is 285 g/mol. The van der Waals surface area contributed by atoms with Crippen LogP contribution in [0.2, 0.25) is 5.02 Å². The quantitative estimate of drug-likeness (QED) is 0.792. The summed E-state index contributed by atoms with van der Waals surface area (Å²) in [5.41, 5.74) is 0.937. The van der Waals surface area contributed by atoms with E-state index in [-0.39, 0.29) is 19.4 Å². The number of hydrogen-bond acceptors (Lipinski definition) is 3. The fourth-order valence-electron chi connectivity index (χ4n) is 2.17. The van der Waals surface area contributed by atoms with Crippen molar-refractivity contribution >= 4 is 17.4 Å². The van der Waals surface area contributed by atoms with Gasteiger partial charge in [-0.2, -0.15) is 5.26 Å². The molecule has 1 aliphatic heterocycles. The van der Waals surface area contributed by atoms with Crippen molar-refractivity contribution in [3.8, 4) is 6.07 Å². The lowest BCUT2D eigenvalue weighted by atomic mass is 10.1. The van der Waals surface area contributed by atoms with Crippen LogP contribution in [0.5, 0.6) is 0 Å². The number of aryl methyl sites for hydroxylation is 1. The van der Waals surface area contributed by atoms with Gasteiger partial charge in [-0.15, -0.1) is 0 Å². The molecule has 1 aromatic rings. The average molecular weight is 286 g/mol. The zero-order valence-corrected chi connectivity index (χ0v) is 11.3. The van der Waals surface area contributed by atoms with Crippen molar-refractivity contribution in [2.45, 2.75) is 32.1 Å². The summed E-state index contributed by atoms with van der Waals surface area (Å²) in [6.07, 6.45) is 0.0698. The van der Waals surface area contributed by atoms with E-state index in [1.807, 2.05) is 6.07 Å². The summed E-state index contributed by atoms with van der Waals surface area (Å²) in [5, 5.41) is 9.53. The second-order valence-corrected chi connectivity index (χ2v) is 5.14. The minimum Gasteiger partial charge on any atom is -0.355 e. The minimum absolute atomic E-state index is 0.113. The van der Waals surface area contributed by atoms with Crippen LogP contribution in [0.4, 0.5) is 14.6 Å². The molecule has 2 rings (SSSR count). The first-order valence-electron chi connectivity index (χ1n) is 6.13. The molecule has 3 nitrogen and oxygen atoms in total. The average Bonchev–Trinajstić information content (AvgIpc) is 2.53. The van der Waals surface area contributed by atoms with Crippen molar-refractivity contribution in [2.75, 3.05) is 18.0 Å². The number of pyridine rings is 1. The van der Waals surface area contributed by atoms with Gasteiger partial charge in [0.1, 0.15) is 11.9 Å². The number of nitrogens with zero attached hydrogens (tertiary/aromatic N) is 3. The molecule has 0 spiro atoms. The molecule has 2 heterocycles. The molecule has 0 aromatic carbocycles. The maximum atomic E-state index is 13.3. The van der Waals surface area contributed by atoms with E-state index in [9.17, 15) is 8.78 Å². The second-order valence-electron chi connectivity index (χ2n) is 4.74. The van der Waals surface area contributed by atoms with Gasteiger partial charge in [0.15, 0.2) is 0 Å². The van der Waals surface area contributed by atoms with Gasteiger partial charge in [-0.3, -0.25) is 0 Å². The number of nitriles is 1. The molecule has 0 unspecified atom stereocenters. The Hall–Kier alpha value is -1.41. The van der Waals surface area contributed by atoms with E-state index in [0.29, 0.717) is 35.1 Å². The van der Waals surface area contributed by atoms with Crippen LogP contribution in [0.25, 0.3) is 0 Å².